The maximum absolute atomic E-state index is 9.74. The van der Waals surface area contributed by atoms with Crippen LogP contribution in [-0.4, -0.2) is 38.8 Å². The number of hydrogen-bond acceptors (Lipinski definition) is 5. The molecular weight excluding hydrogens is 187 g/mol. The monoisotopic (exact) mass is 200 g/mol. The van der Waals surface area contributed by atoms with E-state index in [2.05, 4.69) is 4.52 Å². The molecule has 0 spiro atoms. The van der Waals surface area contributed by atoms with Crippen LogP contribution in [0.5, 0.6) is 0 Å². The standard InChI is InChI=1S/C2H5O5P.Mg.2H3N.2H/c1-2(3)7-8(4,5)6;;;;;/h1H3,(H2,4,5,6);;2*1H3;;. The van der Waals surface area contributed by atoms with Gasteiger partial charge in [0.1, 0.15) is 0 Å². The summed E-state index contributed by atoms with van der Waals surface area (Å²) in [5, 5.41) is 0. The van der Waals surface area contributed by atoms with Crippen molar-refractivity contribution in [1.82, 2.24) is 12.3 Å². The number of carbonyl (C=O) groups excluding carboxylic acids is 1. The van der Waals surface area contributed by atoms with Crippen LogP contribution < -0.4 is 12.3 Å². The van der Waals surface area contributed by atoms with Crippen LogP contribution in [0.3, 0.4) is 0 Å². The summed E-state index contributed by atoms with van der Waals surface area (Å²) in [5.74, 6) is -0.988. The van der Waals surface area contributed by atoms with E-state index < -0.39 is 13.8 Å². The Bertz CT molecular complexity index is 145. The Morgan fingerprint density at radius 2 is 1.64 bits per heavy atom. The first-order valence-electron chi connectivity index (χ1n) is 1.67. The Balaban J connectivity index is -0.0000000817. The van der Waals surface area contributed by atoms with Gasteiger partial charge in [-0.15, -0.1) is 0 Å². The minimum atomic E-state index is -4.57. The van der Waals surface area contributed by atoms with Gasteiger partial charge in [0.2, 0.25) is 0 Å². The maximum Gasteiger partial charge on any atom is 0.526 e. The topological polar surface area (TPSA) is 154 Å². The molecular formula is C2H13MgN2O5P. The van der Waals surface area contributed by atoms with Crippen LogP contribution in [0.25, 0.3) is 0 Å². The molecule has 0 radical (unpaired) electrons. The summed E-state index contributed by atoms with van der Waals surface area (Å²) < 4.78 is 13.2. The van der Waals surface area contributed by atoms with Crippen molar-refractivity contribution >= 4 is 36.8 Å². The molecule has 0 unspecified atom stereocenters. The van der Waals surface area contributed by atoms with Crippen LogP contribution in [0.15, 0.2) is 0 Å². The Labute approximate surface area is 80.1 Å². The second-order valence-corrected chi connectivity index (χ2v) is 2.24. The lowest BCUT2D eigenvalue weighted by molar-refractivity contribution is -0.133. The molecule has 9 heteroatoms. The van der Waals surface area contributed by atoms with Crippen LogP contribution in [-0.2, 0) is 13.9 Å². The molecule has 8 N–H and O–H groups in total. The average Bonchev–Trinajstić information content (AvgIpc) is 1.21. The van der Waals surface area contributed by atoms with E-state index in [9.17, 15) is 9.36 Å². The van der Waals surface area contributed by atoms with Gasteiger partial charge in [0, 0.05) is 6.92 Å². The molecule has 7 nitrogen and oxygen atoms in total. The highest BCUT2D eigenvalue weighted by Gasteiger charge is 2.16. The molecule has 0 amide bonds. The zero-order chi connectivity index (χ0) is 6.78. The van der Waals surface area contributed by atoms with Crippen LogP contribution in [0.1, 0.15) is 6.92 Å². The summed E-state index contributed by atoms with van der Waals surface area (Å²) in [6, 6.07) is 0. The quantitative estimate of drug-likeness (QED) is 0.314. The van der Waals surface area contributed by atoms with Crippen molar-refractivity contribution in [3.63, 3.8) is 0 Å². The molecule has 0 heterocycles. The molecule has 0 rings (SSSR count). The van der Waals surface area contributed by atoms with E-state index in [1.165, 1.54) is 0 Å². The lowest BCUT2D eigenvalue weighted by Gasteiger charge is -1.98. The first kappa shape index (κ1) is 22.5. The second-order valence-electron chi connectivity index (χ2n) is 1.07. The van der Waals surface area contributed by atoms with Crippen LogP contribution in [0.4, 0.5) is 0 Å². The first-order chi connectivity index (χ1) is 3.42. The van der Waals surface area contributed by atoms with E-state index in [0.29, 0.717) is 0 Å². The molecule has 0 aromatic rings. The molecule has 0 aromatic heterocycles. The molecule has 0 aliphatic heterocycles. The van der Waals surface area contributed by atoms with Gasteiger partial charge in [-0.1, -0.05) is 0 Å². The average molecular weight is 200 g/mol. The first-order valence-corrected chi connectivity index (χ1v) is 3.20. The SMILES string of the molecule is CC(=O)OP(=O)(O)O.N.N.[MgH2]. The zero-order valence-electron chi connectivity index (χ0n) is 5.48. The summed E-state index contributed by atoms with van der Waals surface area (Å²) in [4.78, 5) is 25.5. The second kappa shape index (κ2) is 8.40. The molecule has 0 saturated heterocycles. The number of carbonyl (C=O) groups is 1. The summed E-state index contributed by atoms with van der Waals surface area (Å²) in [6.45, 7) is 0.916. The summed E-state index contributed by atoms with van der Waals surface area (Å²) in [5.41, 5.74) is 0. The third-order valence-electron chi connectivity index (χ3n) is 0.247. The van der Waals surface area contributed by atoms with E-state index in [4.69, 9.17) is 9.79 Å². The van der Waals surface area contributed by atoms with Crippen LogP contribution in [0, 0.1) is 0 Å². The molecule has 68 valence electrons. The highest BCUT2D eigenvalue weighted by Crippen LogP contribution is 2.35. The molecule has 11 heavy (non-hydrogen) atoms. The molecule has 0 atom stereocenters. The lowest BCUT2D eigenvalue weighted by Crippen LogP contribution is -1.94. The van der Waals surface area contributed by atoms with Crippen molar-refractivity contribution in [1.29, 1.82) is 0 Å². The molecule has 0 aromatic carbocycles. The van der Waals surface area contributed by atoms with E-state index in [0.717, 1.165) is 6.92 Å². The summed E-state index contributed by atoms with van der Waals surface area (Å²) in [7, 11) is -4.57. The van der Waals surface area contributed by atoms with Gasteiger partial charge in [0.05, 0.1) is 0 Å². The Kier molecular flexibility index (Phi) is 17.2. The Morgan fingerprint density at radius 3 is 1.64 bits per heavy atom. The van der Waals surface area contributed by atoms with Gasteiger partial charge < -0.3 is 16.8 Å². The predicted molar refractivity (Wildman–Crippen MR) is 42.4 cm³/mol. The molecule has 0 aliphatic carbocycles. The Hall–Kier alpha value is 0.306. The third kappa shape index (κ3) is 25.3. The number of rotatable bonds is 1. The van der Waals surface area contributed by atoms with Crippen molar-refractivity contribution in [3.8, 4) is 0 Å². The fourth-order valence-electron chi connectivity index (χ4n) is 0.167. The van der Waals surface area contributed by atoms with Gasteiger partial charge >= 0.3 is 36.8 Å². The van der Waals surface area contributed by atoms with Crippen molar-refractivity contribution in [2.24, 2.45) is 0 Å². The molecule has 0 aliphatic rings. The van der Waals surface area contributed by atoms with Crippen molar-refractivity contribution in [3.05, 3.63) is 0 Å². The Morgan fingerprint density at radius 1 is 1.36 bits per heavy atom. The predicted octanol–water partition coefficient (Wildman–Crippen LogP) is -0.950. The molecule has 0 saturated carbocycles. The smallest absolute Gasteiger partial charge is 0.371 e. The van der Waals surface area contributed by atoms with Gasteiger partial charge in [0.15, 0.2) is 0 Å². The van der Waals surface area contributed by atoms with Crippen LogP contribution >= 0.6 is 7.82 Å². The fraction of sp³-hybridized carbons (Fsp3) is 0.500. The number of hydrogen-bond donors (Lipinski definition) is 4. The zero-order valence-corrected chi connectivity index (χ0v) is 6.38. The van der Waals surface area contributed by atoms with Crippen molar-refractivity contribution in [2.45, 2.75) is 6.92 Å². The summed E-state index contributed by atoms with van der Waals surface area (Å²) in [6.07, 6.45) is 0. The summed E-state index contributed by atoms with van der Waals surface area (Å²) >= 11 is 0. The van der Waals surface area contributed by atoms with Gasteiger partial charge in [-0.05, 0) is 0 Å². The molecule has 0 bridgehead atoms. The lowest BCUT2D eigenvalue weighted by atomic mass is 10.9. The molecule has 0 fully saturated rings. The van der Waals surface area contributed by atoms with E-state index in [1.54, 1.807) is 0 Å². The fourth-order valence-corrected chi connectivity index (χ4v) is 0.502. The van der Waals surface area contributed by atoms with Crippen LogP contribution in [0.2, 0.25) is 0 Å². The largest absolute Gasteiger partial charge is 0.526 e. The number of phosphoric acid groups is 1. The maximum atomic E-state index is 9.74. The van der Waals surface area contributed by atoms with Gasteiger partial charge in [0.25, 0.3) is 0 Å². The van der Waals surface area contributed by atoms with Crippen molar-refractivity contribution < 1.29 is 23.7 Å². The highest BCUT2D eigenvalue weighted by molar-refractivity contribution is 7.46. The highest BCUT2D eigenvalue weighted by atomic mass is 31.2. The van der Waals surface area contributed by atoms with E-state index >= 15 is 0 Å². The van der Waals surface area contributed by atoms with Gasteiger partial charge in [-0.3, -0.25) is 14.6 Å². The van der Waals surface area contributed by atoms with Gasteiger partial charge in [-0.2, -0.15) is 0 Å². The number of phosphoric ester groups is 1. The van der Waals surface area contributed by atoms with Gasteiger partial charge in [-0.25, -0.2) is 4.57 Å². The van der Waals surface area contributed by atoms with Crippen molar-refractivity contribution in [2.75, 3.05) is 0 Å². The van der Waals surface area contributed by atoms with E-state index in [-0.39, 0.29) is 35.4 Å². The minimum Gasteiger partial charge on any atom is -0.371 e. The third-order valence-corrected chi connectivity index (χ3v) is 0.742. The minimum absolute atomic E-state index is 0. The van der Waals surface area contributed by atoms with E-state index in [1.807, 2.05) is 0 Å². The normalized spacial score (nSPS) is 7.91.